The first-order valence-electron chi connectivity index (χ1n) is 10.7. The average molecular weight is 568 g/mol. The minimum atomic E-state index is -0.855. The molecule has 0 saturated heterocycles. The van der Waals surface area contributed by atoms with E-state index in [0.29, 0.717) is 21.6 Å². The second-order valence-electron chi connectivity index (χ2n) is 7.50. The van der Waals surface area contributed by atoms with Crippen LogP contribution in [0, 0.1) is 11.6 Å². The first-order chi connectivity index (χ1) is 18.0. The molecule has 3 aromatic carbocycles. The lowest BCUT2D eigenvalue weighted by atomic mass is 10.1. The van der Waals surface area contributed by atoms with Gasteiger partial charge >= 0.3 is 0 Å². The van der Waals surface area contributed by atoms with E-state index in [1.54, 1.807) is 25.2 Å². The Morgan fingerprint density at radius 1 is 1.03 bits per heavy atom. The van der Waals surface area contributed by atoms with E-state index in [1.165, 1.54) is 10.7 Å². The molecule has 2 heterocycles. The van der Waals surface area contributed by atoms with Gasteiger partial charge in [0, 0.05) is 18.7 Å². The van der Waals surface area contributed by atoms with Gasteiger partial charge < -0.3 is 14.0 Å². The molecule has 0 bridgehead atoms. The van der Waals surface area contributed by atoms with Gasteiger partial charge in [-0.3, -0.25) is 0 Å². The summed E-state index contributed by atoms with van der Waals surface area (Å²) in [7, 11) is 1.69. The van der Waals surface area contributed by atoms with Crippen molar-refractivity contribution >= 4 is 21.6 Å². The Bertz CT molecular complexity index is 1570. The van der Waals surface area contributed by atoms with Gasteiger partial charge in [-0.15, -0.1) is 15.3 Å². The Morgan fingerprint density at radius 2 is 1.86 bits per heavy atom. The highest BCUT2D eigenvalue weighted by molar-refractivity contribution is 9.10. The maximum atomic E-state index is 14.2. The molecular formula is C24H16BrF2N7O3. The van der Waals surface area contributed by atoms with Crippen LogP contribution in [-0.2, 0) is 18.5 Å². The van der Waals surface area contributed by atoms with Gasteiger partial charge in [-0.1, -0.05) is 41.6 Å². The summed E-state index contributed by atoms with van der Waals surface area (Å²) in [4.78, 5) is 5.50. The van der Waals surface area contributed by atoms with E-state index in [0.717, 1.165) is 17.7 Å². The van der Waals surface area contributed by atoms with Crippen LogP contribution in [0.4, 0.5) is 8.78 Å². The average Bonchev–Trinajstić information content (AvgIpc) is 3.54. The van der Waals surface area contributed by atoms with Gasteiger partial charge in [-0.2, -0.15) is 0 Å². The third kappa shape index (κ3) is 5.35. The molecule has 0 spiro atoms. The van der Waals surface area contributed by atoms with Crippen LogP contribution in [-0.4, -0.2) is 36.1 Å². The molecule has 0 atom stereocenters. The fraction of sp³-hybridized carbons (Fsp3) is 0.0833. The van der Waals surface area contributed by atoms with Crippen LogP contribution >= 0.6 is 15.9 Å². The molecule has 0 N–H and O–H groups in total. The number of hydrogen-bond acceptors (Lipinski definition) is 9. The predicted molar refractivity (Wildman–Crippen MR) is 130 cm³/mol. The second kappa shape index (κ2) is 10.6. The van der Waals surface area contributed by atoms with E-state index >= 15 is 0 Å². The Balaban J connectivity index is 1.38. The first-order valence-corrected chi connectivity index (χ1v) is 11.5. The molecule has 0 radical (unpaired) electrons. The van der Waals surface area contributed by atoms with Crippen LogP contribution in [0.15, 0.2) is 80.8 Å². The highest BCUT2D eigenvalue weighted by Crippen LogP contribution is 2.39. The molecule has 37 heavy (non-hydrogen) atoms. The number of tetrazole rings is 1. The summed E-state index contributed by atoms with van der Waals surface area (Å²) in [6, 6.07) is 17.4. The van der Waals surface area contributed by atoms with Crippen molar-refractivity contribution in [1.82, 2.24) is 30.4 Å². The summed E-state index contributed by atoms with van der Waals surface area (Å²) < 4.78 is 40.9. The number of rotatable bonds is 8. The zero-order chi connectivity index (χ0) is 25.8. The number of hydrogen-bond donors (Lipinski definition) is 0. The molecule has 2 aromatic heterocycles. The van der Waals surface area contributed by atoms with Crippen LogP contribution in [0.2, 0.25) is 0 Å². The van der Waals surface area contributed by atoms with Crippen molar-refractivity contribution in [2.75, 3.05) is 0 Å². The van der Waals surface area contributed by atoms with Crippen molar-refractivity contribution in [2.24, 2.45) is 12.2 Å². The molecule has 0 saturated carbocycles. The maximum Gasteiger partial charge on any atom is 0.257 e. The van der Waals surface area contributed by atoms with Gasteiger partial charge in [0.1, 0.15) is 5.82 Å². The number of aromatic nitrogens is 6. The lowest BCUT2D eigenvalue weighted by Crippen LogP contribution is -2.12. The van der Waals surface area contributed by atoms with Gasteiger partial charge in [-0.05, 0) is 50.6 Å². The molecule has 0 unspecified atom stereocenters. The van der Waals surface area contributed by atoms with Gasteiger partial charge in [0.15, 0.2) is 29.6 Å². The minimum Gasteiger partial charge on any atom is -0.452 e. The van der Waals surface area contributed by atoms with E-state index < -0.39 is 11.6 Å². The number of ether oxygens (including phenoxy) is 1. The summed E-state index contributed by atoms with van der Waals surface area (Å²) in [5, 5.41) is 23.7. The highest BCUT2D eigenvalue weighted by Gasteiger charge is 2.19. The molecule has 0 aliphatic carbocycles. The predicted octanol–water partition coefficient (Wildman–Crippen LogP) is 5.06. The molecule has 5 rings (SSSR count). The van der Waals surface area contributed by atoms with Crippen molar-refractivity contribution in [2.45, 2.75) is 6.61 Å². The smallest absolute Gasteiger partial charge is 0.257 e. The molecule has 0 amide bonds. The number of oxime groups is 1. The highest BCUT2D eigenvalue weighted by atomic mass is 79.9. The first kappa shape index (κ1) is 24.2. The largest absolute Gasteiger partial charge is 0.452 e. The van der Waals surface area contributed by atoms with E-state index in [2.05, 4.69) is 46.8 Å². The maximum absolute atomic E-state index is 14.2. The molecule has 0 fully saturated rings. The lowest BCUT2D eigenvalue weighted by molar-refractivity contribution is 0.111. The van der Waals surface area contributed by atoms with E-state index in [1.807, 2.05) is 30.3 Å². The topological polar surface area (TPSA) is 113 Å². The number of halogens is 3. The lowest BCUT2D eigenvalue weighted by Gasteiger charge is -2.11. The molecular weight excluding hydrogens is 552 g/mol. The SMILES string of the molecule is Cn1nnnc1/C(=N\OCc1nnc(-c2cccc(Br)c2Oc2ccc(F)cc2F)o1)c1ccccc1. The summed E-state index contributed by atoms with van der Waals surface area (Å²) in [5.41, 5.74) is 1.54. The van der Waals surface area contributed by atoms with E-state index in [-0.39, 0.29) is 29.9 Å². The Morgan fingerprint density at radius 3 is 2.62 bits per heavy atom. The second-order valence-corrected chi connectivity index (χ2v) is 8.35. The fourth-order valence-electron chi connectivity index (χ4n) is 3.27. The molecule has 186 valence electrons. The standard InChI is InChI=1S/C24H16BrF2N7O3/c1-34-23(29-32-33-34)21(14-6-3-2-4-7-14)31-35-13-20-28-30-24(37-20)16-8-5-9-17(25)22(16)36-19-11-10-15(26)12-18(19)27/h2-12H,13H2,1H3/b31-21-. The van der Waals surface area contributed by atoms with Crippen LogP contribution in [0.1, 0.15) is 17.3 Å². The number of aryl methyl sites for hydroxylation is 1. The van der Waals surface area contributed by atoms with Crippen LogP contribution < -0.4 is 4.74 Å². The number of nitrogens with zero attached hydrogens (tertiary/aromatic N) is 7. The van der Waals surface area contributed by atoms with Crippen molar-refractivity contribution in [1.29, 1.82) is 0 Å². The van der Waals surface area contributed by atoms with Crippen molar-refractivity contribution in [3.05, 3.63) is 100 Å². The molecule has 0 aliphatic rings. The van der Waals surface area contributed by atoms with Gasteiger partial charge in [0.2, 0.25) is 5.82 Å². The Kier molecular flexibility index (Phi) is 6.94. The van der Waals surface area contributed by atoms with Gasteiger partial charge in [-0.25, -0.2) is 13.5 Å². The van der Waals surface area contributed by atoms with E-state index in [9.17, 15) is 8.78 Å². The summed E-state index contributed by atoms with van der Waals surface area (Å²) in [6.07, 6.45) is 0. The summed E-state index contributed by atoms with van der Waals surface area (Å²) >= 11 is 3.38. The minimum absolute atomic E-state index is 0.0992. The summed E-state index contributed by atoms with van der Waals surface area (Å²) in [6.45, 7) is -0.147. The van der Waals surface area contributed by atoms with Crippen molar-refractivity contribution in [3.63, 3.8) is 0 Å². The van der Waals surface area contributed by atoms with Crippen LogP contribution in [0.5, 0.6) is 11.5 Å². The number of benzene rings is 3. The van der Waals surface area contributed by atoms with E-state index in [4.69, 9.17) is 14.0 Å². The monoisotopic (exact) mass is 567 g/mol. The zero-order valence-corrected chi connectivity index (χ0v) is 20.6. The fourth-order valence-corrected chi connectivity index (χ4v) is 3.72. The van der Waals surface area contributed by atoms with Crippen LogP contribution in [0.25, 0.3) is 11.5 Å². The van der Waals surface area contributed by atoms with Crippen molar-refractivity contribution < 1.29 is 22.8 Å². The third-order valence-corrected chi connectivity index (χ3v) is 5.62. The quantitative estimate of drug-likeness (QED) is 0.189. The normalized spacial score (nSPS) is 11.5. The third-order valence-electron chi connectivity index (χ3n) is 4.99. The van der Waals surface area contributed by atoms with Gasteiger partial charge in [0.25, 0.3) is 11.8 Å². The molecule has 10 nitrogen and oxygen atoms in total. The Hall–Kier alpha value is -4.52. The van der Waals surface area contributed by atoms with Crippen LogP contribution in [0.3, 0.4) is 0 Å². The summed E-state index contributed by atoms with van der Waals surface area (Å²) in [5.74, 6) is -0.898. The zero-order valence-electron chi connectivity index (χ0n) is 19.0. The number of para-hydroxylation sites is 1. The molecule has 5 aromatic rings. The van der Waals surface area contributed by atoms with Crippen molar-refractivity contribution in [3.8, 4) is 23.0 Å². The molecule has 13 heteroatoms. The Labute approximate surface area is 216 Å². The van der Waals surface area contributed by atoms with Gasteiger partial charge in [0.05, 0.1) is 10.0 Å². The molecule has 0 aliphatic heterocycles.